The van der Waals surface area contributed by atoms with Crippen LogP contribution < -0.4 is 5.32 Å². The lowest BCUT2D eigenvalue weighted by Gasteiger charge is -2.26. The van der Waals surface area contributed by atoms with E-state index in [-0.39, 0.29) is 0 Å². The second kappa shape index (κ2) is 7.50. The molecule has 0 bridgehead atoms. The third-order valence-corrected chi connectivity index (χ3v) is 3.45. The SMILES string of the molecule is CCNC(CCC(C)C)C(C)c1ccccc1. The van der Waals surface area contributed by atoms with Crippen molar-refractivity contribution >= 4 is 0 Å². The molecule has 0 aliphatic rings. The van der Waals surface area contributed by atoms with Crippen LogP contribution in [0.15, 0.2) is 30.3 Å². The van der Waals surface area contributed by atoms with E-state index in [9.17, 15) is 0 Å². The first-order valence-corrected chi connectivity index (χ1v) is 6.93. The van der Waals surface area contributed by atoms with Crippen molar-refractivity contribution in [2.75, 3.05) is 6.54 Å². The van der Waals surface area contributed by atoms with Gasteiger partial charge in [0.05, 0.1) is 0 Å². The maximum Gasteiger partial charge on any atom is 0.0133 e. The molecule has 0 saturated carbocycles. The Morgan fingerprint density at radius 1 is 1.00 bits per heavy atom. The highest BCUT2D eigenvalue weighted by molar-refractivity contribution is 5.20. The Bertz CT molecular complexity index is 292. The normalized spacial score (nSPS) is 14.9. The molecule has 0 aromatic heterocycles. The molecule has 1 aromatic carbocycles. The maximum atomic E-state index is 3.64. The van der Waals surface area contributed by atoms with Crippen molar-refractivity contribution in [3.63, 3.8) is 0 Å². The second-order valence-corrected chi connectivity index (χ2v) is 5.33. The first-order chi connectivity index (χ1) is 8.15. The minimum absolute atomic E-state index is 0.592. The van der Waals surface area contributed by atoms with E-state index >= 15 is 0 Å². The van der Waals surface area contributed by atoms with E-state index in [0.717, 1.165) is 12.5 Å². The van der Waals surface area contributed by atoms with E-state index in [1.54, 1.807) is 0 Å². The van der Waals surface area contributed by atoms with Crippen LogP contribution in [0.25, 0.3) is 0 Å². The van der Waals surface area contributed by atoms with Crippen LogP contribution >= 0.6 is 0 Å². The summed E-state index contributed by atoms with van der Waals surface area (Å²) in [6, 6.07) is 11.4. The lowest BCUT2D eigenvalue weighted by Crippen LogP contribution is -2.34. The Morgan fingerprint density at radius 2 is 1.65 bits per heavy atom. The molecule has 17 heavy (non-hydrogen) atoms. The zero-order chi connectivity index (χ0) is 12.7. The molecule has 0 saturated heterocycles. The largest absolute Gasteiger partial charge is 0.314 e. The predicted molar refractivity (Wildman–Crippen MR) is 76.4 cm³/mol. The van der Waals surface area contributed by atoms with Gasteiger partial charge < -0.3 is 5.32 Å². The highest BCUT2D eigenvalue weighted by atomic mass is 14.9. The summed E-state index contributed by atoms with van der Waals surface area (Å²) in [6.07, 6.45) is 2.57. The van der Waals surface area contributed by atoms with Gasteiger partial charge in [-0.3, -0.25) is 0 Å². The fourth-order valence-corrected chi connectivity index (χ4v) is 2.29. The van der Waals surface area contributed by atoms with Gasteiger partial charge in [0, 0.05) is 6.04 Å². The van der Waals surface area contributed by atoms with Crippen molar-refractivity contribution in [1.29, 1.82) is 0 Å². The number of likely N-dealkylation sites (N-methyl/N-ethyl adjacent to an activating group) is 1. The molecule has 0 aliphatic heterocycles. The van der Waals surface area contributed by atoms with Crippen molar-refractivity contribution in [2.45, 2.75) is 52.5 Å². The van der Waals surface area contributed by atoms with E-state index in [1.807, 2.05) is 0 Å². The van der Waals surface area contributed by atoms with Gasteiger partial charge in [-0.25, -0.2) is 0 Å². The third-order valence-electron chi connectivity index (χ3n) is 3.45. The molecular formula is C16H27N. The summed E-state index contributed by atoms with van der Waals surface area (Å²) >= 11 is 0. The Balaban J connectivity index is 2.63. The molecule has 1 rings (SSSR count). The summed E-state index contributed by atoms with van der Waals surface area (Å²) in [6.45, 7) is 10.2. The minimum Gasteiger partial charge on any atom is -0.314 e. The molecular weight excluding hydrogens is 206 g/mol. The van der Waals surface area contributed by atoms with E-state index in [1.165, 1.54) is 18.4 Å². The van der Waals surface area contributed by atoms with Crippen LogP contribution in [0.5, 0.6) is 0 Å². The molecule has 1 nitrogen and oxygen atoms in total. The van der Waals surface area contributed by atoms with Crippen LogP contribution in [0, 0.1) is 5.92 Å². The molecule has 1 N–H and O–H groups in total. The number of nitrogens with one attached hydrogen (secondary N) is 1. The van der Waals surface area contributed by atoms with Crippen LogP contribution in [0.3, 0.4) is 0 Å². The highest BCUT2D eigenvalue weighted by Gasteiger charge is 2.17. The summed E-state index contributed by atoms with van der Waals surface area (Å²) in [5.41, 5.74) is 1.45. The monoisotopic (exact) mass is 233 g/mol. The van der Waals surface area contributed by atoms with E-state index in [0.29, 0.717) is 12.0 Å². The fourth-order valence-electron chi connectivity index (χ4n) is 2.29. The van der Waals surface area contributed by atoms with Gasteiger partial charge in [0.1, 0.15) is 0 Å². The van der Waals surface area contributed by atoms with Gasteiger partial charge in [0.2, 0.25) is 0 Å². The molecule has 0 amide bonds. The lowest BCUT2D eigenvalue weighted by molar-refractivity contribution is 0.395. The summed E-state index contributed by atoms with van der Waals surface area (Å²) in [5.74, 6) is 1.38. The summed E-state index contributed by atoms with van der Waals surface area (Å²) in [4.78, 5) is 0. The van der Waals surface area contributed by atoms with Gasteiger partial charge >= 0.3 is 0 Å². The number of rotatable bonds is 7. The highest BCUT2D eigenvalue weighted by Crippen LogP contribution is 2.23. The Kier molecular flexibility index (Phi) is 6.28. The average Bonchev–Trinajstić information content (AvgIpc) is 2.34. The van der Waals surface area contributed by atoms with Crippen molar-refractivity contribution in [1.82, 2.24) is 5.32 Å². The van der Waals surface area contributed by atoms with Crippen molar-refractivity contribution in [3.8, 4) is 0 Å². The number of hydrogen-bond acceptors (Lipinski definition) is 1. The van der Waals surface area contributed by atoms with Gasteiger partial charge in [0.25, 0.3) is 0 Å². The van der Waals surface area contributed by atoms with E-state index < -0.39 is 0 Å². The quantitative estimate of drug-likeness (QED) is 0.744. The zero-order valence-electron chi connectivity index (χ0n) is 11.7. The van der Waals surface area contributed by atoms with Gasteiger partial charge in [-0.2, -0.15) is 0 Å². The molecule has 0 fully saturated rings. The molecule has 2 atom stereocenters. The van der Waals surface area contributed by atoms with Crippen molar-refractivity contribution < 1.29 is 0 Å². The Morgan fingerprint density at radius 3 is 2.18 bits per heavy atom. The summed E-state index contributed by atoms with van der Waals surface area (Å²) in [7, 11) is 0. The van der Waals surface area contributed by atoms with Crippen LogP contribution in [0.4, 0.5) is 0 Å². The Labute approximate surface area is 107 Å². The summed E-state index contributed by atoms with van der Waals surface area (Å²) in [5, 5.41) is 3.64. The third kappa shape index (κ3) is 4.91. The van der Waals surface area contributed by atoms with Crippen molar-refractivity contribution in [2.24, 2.45) is 5.92 Å². The molecule has 0 radical (unpaired) electrons. The molecule has 1 heteroatoms. The zero-order valence-corrected chi connectivity index (χ0v) is 11.7. The smallest absolute Gasteiger partial charge is 0.0133 e. The number of benzene rings is 1. The first kappa shape index (κ1) is 14.2. The molecule has 96 valence electrons. The van der Waals surface area contributed by atoms with Crippen molar-refractivity contribution in [3.05, 3.63) is 35.9 Å². The van der Waals surface area contributed by atoms with E-state index in [4.69, 9.17) is 0 Å². The van der Waals surface area contributed by atoms with E-state index in [2.05, 4.69) is 63.3 Å². The molecule has 0 aliphatic carbocycles. The van der Waals surface area contributed by atoms with Crippen LogP contribution in [-0.2, 0) is 0 Å². The second-order valence-electron chi connectivity index (χ2n) is 5.33. The topological polar surface area (TPSA) is 12.0 Å². The molecule has 2 unspecified atom stereocenters. The minimum atomic E-state index is 0.592. The van der Waals surface area contributed by atoms with Crippen LogP contribution in [-0.4, -0.2) is 12.6 Å². The first-order valence-electron chi connectivity index (χ1n) is 6.93. The molecule has 0 spiro atoms. The average molecular weight is 233 g/mol. The molecule has 1 aromatic rings. The van der Waals surface area contributed by atoms with Crippen LogP contribution in [0.2, 0.25) is 0 Å². The van der Waals surface area contributed by atoms with Crippen LogP contribution in [0.1, 0.15) is 52.0 Å². The van der Waals surface area contributed by atoms with Gasteiger partial charge in [-0.05, 0) is 36.8 Å². The predicted octanol–water partition coefficient (Wildman–Crippen LogP) is 4.20. The standard InChI is InChI=1S/C16H27N/c1-5-17-16(12-11-13(2)3)14(4)15-9-7-6-8-10-15/h6-10,13-14,16-17H,5,11-12H2,1-4H3. The van der Waals surface area contributed by atoms with Gasteiger partial charge in [0.15, 0.2) is 0 Å². The summed E-state index contributed by atoms with van der Waals surface area (Å²) < 4.78 is 0. The lowest BCUT2D eigenvalue weighted by atomic mass is 9.89. The fraction of sp³-hybridized carbons (Fsp3) is 0.625. The van der Waals surface area contributed by atoms with Gasteiger partial charge in [-0.15, -0.1) is 0 Å². The Hall–Kier alpha value is -0.820. The molecule has 0 heterocycles. The maximum absolute atomic E-state index is 3.64. The number of hydrogen-bond donors (Lipinski definition) is 1. The van der Waals surface area contributed by atoms with Gasteiger partial charge in [-0.1, -0.05) is 58.0 Å².